The summed E-state index contributed by atoms with van der Waals surface area (Å²) in [5.41, 5.74) is 6.72. The second-order valence-electron chi connectivity index (χ2n) is 5.58. The number of piperidine rings is 1. The number of nitrogens with two attached hydrogens (primary N) is 1. The van der Waals surface area contributed by atoms with Gasteiger partial charge in [-0.25, -0.2) is 0 Å². The first-order chi connectivity index (χ1) is 10.1. The number of nitrogens with zero attached hydrogens (tertiary/aromatic N) is 1. The molecule has 2 rings (SSSR count). The van der Waals surface area contributed by atoms with E-state index in [0.717, 1.165) is 32.2 Å². The number of hydrogen-bond acceptors (Lipinski definition) is 4. The largest absolute Gasteiger partial charge is 0.491 e. The fraction of sp³-hybridized carbons (Fsp3) is 0.500. The van der Waals surface area contributed by atoms with Gasteiger partial charge < -0.3 is 15.4 Å². The number of anilines is 1. The smallest absolute Gasteiger partial charge is 0.225 e. The van der Waals surface area contributed by atoms with Gasteiger partial charge in [0.05, 0.1) is 18.7 Å². The van der Waals surface area contributed by atoms with Crippen molar-refractivity contribution in [2.75, 3.05) is 25.4 Å². The summed E-state index contributed by atoms with van der Waals surface area (Å²) in [7, 11) is 0. The van der Waals surface area contributed by atoms with Crippen molar-refractivity contribution in [2.24, 2.45) is 5.92 Å². The molecule has 1 heterocycles. The molecule has 0 aromatic heterocycles. The Morgan fingerprint density at radius 3 is 2.76 bits per heavy atom. The molecule has 0 bridgehead atoms. The van der Waals surface area contributed by atoms with Crippen LogP contribution in [0.4, 0.5) is 5.69 Å². The Bertz CT molecular complexity index is 508. The van der Waals surface area contributed by atoms with Gasteiger partial charge in [0.1, 0.15) is 12.0 Å². The lowest BCUT2D eigenvalue weighted by molar-refractivity contribution is -0.133. The van der Waals surface area contributed by atoms with Crippen molar-refractivity contribution in [3.05, 3.63) is 23.8 Å². The summed E-state index contributed by atoms with van der Waals surface area (Å²) < 4.78 is 5.53. The van der Waals surface area contributed by atoms with Gasteiger partial charge in [0.2, 0.25) is 5.91 Å². The number of nitrogen functional groups attached to an aromatic ring is 1. The lowest BCUT2D eigenvalue weighted by Crippen LogP contribution is -2.38. The van der Waals surface area contributed by atoms with E-state index in [2.05, 4.69) is 6.92 Å². The molecular formula is C16H22N2O3. The summed E-state index contributed by atoms with van der Waals surface area (Å²) in [6, 6.07) is 4.87. The zero-order chi connectivity index (χ0) is 15.2. The number of likely N-dealkylation sites (tertiary alicyclic amines) is 1. The lowest BCUT2D eigenvalue weighted by atomic mass is 9.99. The maximum Gasteiger partial charge on any atom is 0.225 e. The molecule has 114 valence electrons. The second kappa shape index (κ2) is 7.11. The predicted molar refractivity (Wildman–Crippen MR) is 81.3 cm³/mol. The Kier molecular flexibility index (Phi) is 5.20. The third-order valence-electron chi connectivity index (χ3n) is 3.88. The zero-order valence-electron chi connectivity index (χ0n) is 12.4. The minimum Gasteiger partial charge on any atom is -0.491 e. The summed E-state index contributed by atoms with van der Waals surface area (Å²) >= 11 is 0. The molecule has 1 saturated heterocycles. The number of aldehydes is 1. The predicted octanol–water partition coefficient (Wildman–Crippen LogP) is 2.11. The molecule has 21 heavy (non-hydrogen) atoms. The average molecular weight is 290 g/mol. The summed E-state index contributed by atoms with van der Waals surface area (Å²) in [6.45, 7) is 4.21. The van der Waals surface area contributed by atoms with E-state index in [4.69, 9.17) is 10.5 Å². The number of benzene rings is 1. The molecular weight excluding hydrogens is 268 g/mol. The molecule has 0 atom stereocenters. The average Bonchev–Trinajstić information content (AvgIpc) is 2.49. The van der Waals surface area contributed by atoms with Crippen LogP contribution in [-0.2, 0) is 4.79 Å². The normalized spacial score (nSPS) is 15.8. The SMILES string of the molecule is CC1CCN(C(=O)CCOc2ccc(C=O)cc2N)CC1. The highest BCUT2D eigenvalue weighted by Gasteiger charge is 2.19. The fourth-order valence-corrected chi connectivity index (χ4v) is 2.44. The molecule has 1 amide bonds. The van der Waals surface area contributed by atoms with Gasteiger partial charge in [-0.2, -0.15) is 0 Å². The van der Waals surface area contributed by atoms with Crippen LogP contribution in [0.1, 0.15) is 36.5 Å². The first-order valence-electron chi connectivity index (χ1n) is 7.35. The summed E-state index contributed by atoms with van der Waals surface area (Å²) in [5.74, 6) is 1.35. The fourth-order valence-electron chi connectivity index (χ4n) is 2.44. The molecule has 0 radical (unpaired) electrons. The monoisotopic (exact) mass is 290 g/mol. The molecule has 1 aromatic rings. The first kappa shape index (κ1) is 15.4. The van der Waals surface area contributed by atoms with E-state index < -0.39 is 0 Å². The Labute approximate surface area is 125 Å². The highest BCUT2D eigenvalue weighted by atomic mass is 16.5. The van der Waals surface area contributed by atoms with Crippen molar-refractivity contribution in [1.29, 1.82) is 0 Å². The van der Waals surface area contributed by atoms with Gasteiger partial charge in [-0.3, -0.25) is 9.59 Å². The summed E-state index contributed by atoms with van der Waals surface area (Å²) in [5, 5.41) is 0. The number of amides is 1. The Hall–Kier alpha value is -2.04. The van der Waals surface area contributed by atoms with Crippen LogP contribution in [0.2, 0.25) is 0 Å². The third kappa shape index (κ3) is 4.21. The van der Waals surface area contributed by atoms with Gasteiger partial charge in [0.25, 0.3) is 0 Å². The van der Waals surface area contributed by atoms with E-state index in [1.165, 1.54) is 0 Å². The molecule has 1 fully saturated rings. The van der Waals surface area contributed by atoms with Gasteiger partial charge in [-0.15, -0.1) is 0 Å². The molecule has 0 saturated carbocycles. The van der Waals surface area contributed by atoms with E-state index in [9.17, 15) is 9.59 Å². The molecule has 1 aromatic carbocycles. The van der Waals surface area contributed by atoms with Crippen LogP contribution in [0.3, 0.4) is 0 Å². The standard InChI is InChI=1S/C16H22N2O3/c1-12-4-7-18(8-5-12)16(20)6-9-21-15-3-2-13(11-19)10-14(15)17/h2-3,10-12H,4-9,17H2,1H3. The number of ether oxygens (including phenoxy) is 1. The number of hydrogen-bond donors (Lipinski definition) is 1. The maximum atomic E-state index is 12.0. The molecule has 0 unspecified atom stereocenters. The van der Waals surface area contributed by atoms with Gasteiger partial charge >= 0.3 is 0 Å². The molecule has 1 aliphatic heterocycles. The van der Waals surface area contributed by atoms with Gasteiger partial charge in [0, 0.05) is 18.7 Å². The van der Waals surface area contributed by atoms with Crippen molar-refractivity contribution in [3.63, 3.8) is 0 Å². The van der Waals surface area contributed by atoms with E-state index >= 15 is 0 Å². The van der Waals surface area contributed by atoms with Crippen LogP contribution in [-0.4, -0.2) is 36.8 Å². The zero-order valence-corrected chi connectivity index (χ0v) is 12.4. The van der Waals surface area contributed by atoms with Crippen LogP contribution < -0.4 is 10.5 Å². The number of carbonyl (C=O) groups is 2. The highest BCUT2D eigenvalue weighted by molar-refractivity contribution is 5.78. The topological polar surface area (TPSA) is 72.6 Å². The first-order valence-corrected chi connectivity index (χ1v) is 7.35. The number of rotatable bonds is 5. The molecule has 2 N–H and O–H groups in total. The molecule has 0 spiro atoms. The molecule has 5 nitrogen and oxygen atoms in total. The van der Waals surface area contributed by atoms with Crippen LogP contribution in [0.15, 0.2) is 18.2 Å². The third-order valence-corrected chi connectivity index (χ3v) is 3.88. The minimum absolute atomic E-state index is 0.130. The molecule has 5 heteroatoms. The Morgan fingerprint density at radius 1 is 1.43 bits per heavy atom. The van der Waals surface area contributed by atoms with Gasteiger partial charge in [0.15, 0.2) is 0 Å². The van der Waals surface area contributed by atoms with Crippen molar-refractivity contribution in [3.8, 4) is 5.75 Å². The Morgan fingerprint density at radius 2 is 2.14 bits per heavy atom. The number of carbonyl (C=O) groups excluding carboxylic acids is 2. The van der Waals surface area contributed by atoms with Crippen LogP contribution >= 0.6 is 0 Å². The summed E-state index contributed by atoms with van der Waals surface area (Å²) in [6.07, 6.45) is 3.24. The molecule has 0 aliphatic carbocycles. The quantitative estimate of drug-likeness (QED) is 0.666. The van der Waals surface area contributed by atoms with Crippen LogP contribution in [0, 0.1) is 5.92 Å². The van der Waals surface area contributed by atoms with Gasteiger partial charge in [-0.05, 0) is 37.0 Å². The van der Waals surface area contributed by atoms with E-state index in [1.807, 2.05) is 4.90 Å². The highest BCUT2D eigenvalue weighted by Crippen LogP contribution is 2.22. The van der Waals surface area contributed by atoms with Gasteiger partial charge in [-0.1, -0.05) is 6.92 Å². The lowest BCUT2D eigenvalue weighted by Gasteiger charge is -2.30. The Balaban J connectivity index is 1.78. The minimum atomic E-state index is 0.130. The van der Waals surface area contributed by atoms with E-state index in [0.29, 0.717) is 35.9 Å². The van der Waals surface area contributed by atoms with Crippen LogP contribution in [0.5, 0.6) is 5.75 Å². The van der Waals surface area contributed by atoms with Crippen molar-refractivity contribution < 1.29 is 14.3 Å². The van der Waals surface area contributed by atoms with E-state index in [-0.39, 0.29) is 5.91 Å². The second-order valence-corrected chi connectivity index (χ2v) is 5.58. The molecule has 1 aliphatic rings. The van der Waals surface area contributed by atoms with Crippen LogP contribution in [0.25, 0.3) is 0 Å². The van der Waals surface area contributed by atoms with Crippen molar-refractivity contribution in [1.82, 2.24) is 4.90 Å². The van der Waals surface area contributed by atoms with E-state index in [1.54, 1.807) is 18.2 Å². The van der Waals surface area contributed by atoms with Crippen molar-refractivity contribution in [2.45, 2.75) is 26.2 Å². The summed E-state index contributed by atoms with van der Waals surface area (Å²) in [4.78, 5) is 24.6. The maximum absolute atomic E-state index is 12.0. The van der Waals surface area contributed by atoms with Crippen molar-refractivity contribution >= 4 is 17.9 Å².